The van der Waals surface area contributed by atoms with Crippen molar-refractivity contribution in [1.82, 2.24) is 10.2 Å². The Kier molecular flexibility index (Phi) is 1.98. The van der Waals surface area contributed by atoms with Crippen molar-refractivity contribution in [3.8, 4) is 0 Å². The van der Waals surface area contributed by atoms with E-state index in [1.54, 1.807) is 12.3 Å². The van der Waals surface area contributed by atoms with Gasteiger partial charge in [0.15, 0.2) is 0 Å². The molecule has 0 radical (unpaired) electrons. The number of ketones is 1. The van der Waals surface area contributed by atoms with Crippen molar-refractivity contribution in [2.45, 2.75) is 6.92 Å². The Hall–Kier alpha value is -1.42. The second-order valence-corrected chi connectivity index (χ2v) is 4.00. The molecule has 0 fully saturated rings. The van der Waals surface area contributed by atoms with Crippen LogP contribution in [-0.4, -0.2) is 16.0 Å². The zero-order valence-corrected chi connectivity index (χ0v) is 7.89. The first kappa shape index (κ1) is 8.19. The number of nitrogens with one attached hydrogen (secondary N) is 1. The van der Waals surface area contributed by atoms with Gasteiger partial charge < -0.3 is 0 Å². The van der Waals surface area contributed by atoms with Gasteiger partial charge in [0, 0.05) is 11.1 Å². The highest BCUT2D eigenvalue weighted by Crippen LogP contribution is 2.17. The molecule has 0 unspecified atom stereocenters. The number of aromatic amines is 1. The van der Waals surface area contributed by atoms with Crippen molar-refractivity contribution in [1.29, 1.82) is 0 Å². The molecule has 0 aliphatic heterocycles. The Morgan fingerprint density at radius 2 is 2.31 bits per heavy atom. The third-order valence-electron chi connectivity index (χ3n) is 1.71. The molecule has 0 aliphatic carbocycles. The number of rotatable bonds is 2. The van der Waals surface area contributed by atoms with Gasteiger partial charge in [0.2, 0.25) is 5.78 Å². The first-order chi connectivity index (χ1) is 6.27. The molecule has 0 atom stereocenters. The number of aromatic nitrogens is 2. The molecule has 2 aromatic rings. The quantitative estimate of drug-likeness (QED) is 0.740. The van der Waals surface area contributed by atoms with Gasteiger partial charge in [0.05, 0.1) is 4.88 Å². The zero-order valence-electron chi connectivity index (χ0n) is 7.07. The summed E-state index contributed by atoms with van der Waals surface area (Å²) < 4.78 is 0. The normalized spacial score (nSPS) is 10.2. The van der Waals surface area contributed by atoms with Gasteiger partial charge in [-0.3, -0.25) is 9.89 Å². The van der Waals surface area contributed by atoms with Gasteiger partial charge in [-0.25, -0.2) is 0 Å². The number of aryl methyl sites for hydroxylation is 1. The van der Waals surface area contributed by atoms with Gasteiger partial charge in [-0.05, 0) is 25.1 Å². The van der Waals surface area contributed by atoms with Gasteiger partial charge in [0.1, 0.15) is 5.69 Å². The van der Waals surface area contributed by atoms with E-state index < -0.39 is 0 Å². The van der Waals surface area contributed by atoms with E-state index in [2.05, 4.69) is 10.2 Å². The van der Waals surface area contributed by atoms with E-state index in [-0.39, 0.29) is 5.78 Å². The Labute approximate surface area is 79.4 Å². The molecule has 0 spiro atoms. The van der Waals surface area contributed by atoms with Gasteiger partial charge in [-0.15, -0.1) is 11.3 Å². The minimum absolute atomic E-state index is 0.00981. The molecule has 0 amide bonds. The molecule has 2 heterocycles. The minimum atomic E-state index is 0.00981. The lowest BCUT2D eigenvalue weighted by Crippen LogP contribution is -1.98. The summed E-state index contributed by atoms with van der Waals surface area (Å²) in [6, 6.07) is 5.45. The van der Waals surface area contributed by atoms with Crippen LogP contribution in [0.15, 0.2) is 24.4 Å². The van der Waals surface area contributed by atoms with Crippen LogP contribution in [0.25, 0.3) is 0 Å². The van der Waals surface area contributed by atoms with Gasteiger partial charge in [0.25, 0.3) is 0 Å². The first-order valence-corrected chi connectivity index (χ1v) is 4.69. The monoisotopic (exact) mass is 192 g/mol. The van der Waals surface area contributed by atoms with E-state index in [0.717, 1.165) is 9.75 Å². The van der Waals surface area contributed by atoms with Crippen molar-refractivity contribution >= 4 is 17.1 Å². The molecule has 2 rings (SSSR count). The fourth-order valence-corrected chi connectivity index (χ4v) is 1.89. The Morgan fingerprint density at radius 3 is 2.85 bits per heavy atom. The fourth-order valence-electron chi connectivity index (χ4n) is 1.07. The molecule has 0 aromatic carbocycles. The van der Waals surface area contributed by atoms with E-state index in [0.29, 0.717) is 5.69 Å². The summed E-state index contributed by atoms with van der Waals surface area (Å²) in [4.78, 5) is 13.6. The molecular weight excluding hydrogens is 184 g/mol. The van der Waals surface area contributed by atoms with Crippen LogP contribution in [0.5, 0.6) is 0 Å². The highest BCUT2D eigenvalue weighted by atomic mass is 32.1. The maximum absolute atomic E-state index is 11.7. The van der Waals surface area contributed by atoms with Crippen molar-refractivity contribution in [3.05, 3.63) is 39.8 Å². The summed E-state index contributed by atoms with van der Waals surface area (Å²) in [5, 5.41) is 6.39. The van der Waals surface area contributed by atoms with E-state index in [9.17, 15) is 4.79 Å². The molecule has 13 heavy (non-hydrogen) atoms. The highest BCUT2D eigenvalue weighted by molar-refractivity contribution is 7.14. The predicted molar refractivity (Wildman–Crippen MR) is 51.1 cm³/mol. The van der Waals surface area contributed by atoms with Crippen LogP contribution in [0.4, 0.5) is 0 Å². The van der Waals surface area contributed by atoms with Crippen molar-refractivity contribution < 1.29 is 4.79 Å². The Bertz CT molecular complexity index is 417. The van der Waals surface area contributed by atoms with Crippen LogP contribution >= 0.6 is 11.3 Å². The zero-order chi connectivity index (χ0) is 9.26. The largest absolute Gasteiger partial charge is 0.286 e. The smallest absolute Gasteiger partial charge is 0.220 e. The second-order valence-electron chi connectivity index (χ2n) is 2.71. The van der Waals surface area contributed by atoms with Gasteiger partial charge in [-0.1, -0.05) is 0 Å². The van der Waals surface area contributed by atoms with Gasteiger partial charge in [-0.2, -0.15) is 5.10 Å². The van der Waals surface area contributed by atoms with Crippen molar-refractivity contribution in [2.24, 2.45) is 0 Å². The number of hydrogen-bond acceptors (Lipinski definition) is 3. The molecule has 0 aliphatic rings. The number of carbonyl (C=O) groups is 1. The maximum Gasteiger partial charge on any atom is 0.220 e. The van der Waals surface area contributed by atoms with Crippen LogP contribution in [-0.2, 0) is 0 Å². The highest BCUT2D eigenvalue weighted by Gasteiger charge is 2.11. The summed E-state index contributed by atoms with van der Waals surface area (Å²) in [6.07, 6.45) is 1.58. The molecule has 66 valence electrons. The maximum atomic E-state index is 11.7. The molecule has 0 saturated carbocycles. The van der Waals surface area contributed by atoms with Crippen molar-refractivity contribution in [2.75, 3.05) is 0 Å². The molecule has 1 N–H and O–H groups in total. The average molecular weight is 192 g/mol. The first-order valence-electron chi connectivity index (χ1n) is 3.88. The van der Waals surface area contributed by atoms with E-state index in [1.807, 2.05) is 19.1 Å². The van der Waals surface area contributed by atoms with Crippen LogP contribution in [0.3, 0.4) is 0 Å². The molecule has 0 bridgehead atoms. The topological polar surface area (TPSA) is 45.8 Å². The number of H-pyrrole nitrogens is 1. The summed E-state index contributed by atoms with van der Waals surface area (Å²) in [5.74, 6) is 0.00981. The second kappa shape index (κ2) is 3.14. The molecule has 0 saturated heterocycles. The number of carbonyl (C=O) groups excluding carboxylic acids is 1. The summed E-state index contributed by atoms with van der Waals surface area (Å²) in [7, 11) is 0. The third kappa shape index (κ3) is 1.53. The Morgan fingerprint density at radius 1 is 1.46 bits per heavy atom. The summed E-state index contributed by atoms with van der Waals surface area (Å²) >= 11 is 1.50. The van der Waals surface area contributed by atoms with E-state index in [4.69, 9.17) is 0 Å². The minimum Gasteiger partial charge on any atom is -0.286 e. The molecule has 4 heteroatoms. The lowest BCUT2D eigenvalue weighted by molar-refractivity contribution is 0.103. The lowest BCUT2D eigenvalue weighted by atomic mass is 10.2. The van der Waals surface area contributed by atoms with Crippen molar-refractivity contribution in [3.63, 3.8) is 0 Å². The average Bonchev–Trinajstić information content (AvgIpc) is 2.72. The van der Waals surface area contributed by atoms with Crippen LogP contribution in [0, 0.1) is 6.92 Å². The summed E-state index contributed by atoms with van der Waals surface area (Å²) in [5.41, 5.74) is 0.543. The molecule has 3 nitrogen and oxygen atoms in total. The third-order valence-corrected chi connectivity index (χ3v) is 2.71. The molecule has 2 aromatic heterocycles. The van der Waals surface area contributed by atoms with Crippen LogP contribution in [0.1, 0.15) is 20.2 Å². The van der Waals surface area contributed by atoms with Crippen LogP contribution in [0.2, 0.25) is 0 Å². The number of hydrogen-bond donors (Lipinski definition) is 1. The number of nitrogens with zero attached hydrogens (tertiary/aromatic N) is 1. The molecular formula is C9H8N2OS. The number of thiophene rings is 1. The SMILES string of the molecule is Cc1ccc(C(=O)c2ccn[nH]2)s1. The standard InChI is InChI=1S/C9H8N2OS/c1-6-2-3-8(13-6)9(12)7-4-5-10-11-7/h2-5H,1H3,(H,10,11). The van der Waals surface area contributed by atoms with Gasteiger partial charge >= 0.3 is 0 Å². The van der Waals surface area contributed by atoms with E-state index in [1.165, 1.54) is 11.3 Å². The predicted octanol–water partition coefficient (Wildman–Crippen LogP) is 2.01. The van der Waals surface area contributed by atoms with E-state index >= 15 is 0 Å². The summed E-state index contributed by atoms with van der Waals surface area (Å²) in [6.45, 7) is 1.98. The van der Waals surface area contributed by atoms with Crippen LogP contribution < -0.4 is 0 Å². The Balaban J connectivity index is 2.33. The fraction of sp³-hybridized carbons (Fsp3) is 0.111. The lowest BCUT2D eigenvalue weighted by Gasteiger charge is -1.90.